The molecule has 2 heteroatoms. The average Bonchev–Trinajstić information content (AvgIpc) is 2.34. The highest BCUT2D eigenvalue weighted by atomic mass is 16.5. The Hall–Kier alpha value is -1.41. The van der Waals surface area contributed by atoms with E-state index in [0.29, 0.717) is 19.6 Å². The zero-order valence-corrected chi connectivity index (χ0v) is 9.56. The van der Waals surface area contributed by atoms with E-state index in [9.17, 15) is 4.79 Å². The molecule has 0 aliphatic rings. The Kier molecular flexibility index (Phi) is 5.51. The van der Waals surface area contributed by atoms with Gasteiger partial charge >= 0.3 is 0 Å². The Balaban J connectivity index is 2.17. The molecule has 0 spiro atoms. The summed E-state index contributed by atoms with van der Waals surface area (Å²) in [6, 6.07) is 9.97. The van der Waals surface area contributed by atoms with E-state index in [4.69, 9.17) is 11.3 Å². The number of hydrogen-bond donors (Lipinski definition) is 0. The predicted octanol–water partition coefficient (Wildman–Crippen LogP) is 2.79. The topological polar surface area (TPSA) is 26.3 Å². The maximum Gasteiger partial charge on any atom is 0.158 e. The molecule has 85 valence electrons. The summed E-state index contributed by atoms with van der Waals surface area (Å²) in [5.74, 6) is -0.0796. The summed E-state index contributed by atoms with van der Waals surface area (Å²) in [5, 5.41) is 0. The Morgan fingerprint density at radius 1 is 1.44 bits per heavy atom. The molecular weight excluding hydrogens is 200 g/mol. The summed E-state index contributed by atoms with van der Waals surface area (Å²) in [5.41, 5.74) is 1.15. The largest absolute Gasteiger partial charge is 0.377 e. The van der Waals surface area contributed by atoms with E-state index in [-0.39, 0.29) is 11.7 Å². The van der Waals surface area contributed by atoms with Crippen molar-refractivity contribution >= 4 is 5.78 Å². The van der Waals surface area contributed by atoms with Crippen LogP contribution in [-0.4, -0.2) is 12.4 Å². The van der Waals surface area contributed by atoms with E-state index in [0.717, 1.165) is 11.6 Å². The van der Waals surface area contributed by atoms with Crippen LogP contribution >= 0.6 is 0 Å². The highest BCUT2D eigenvalue weighted by Gasteiger charge is 2.08. The molecule has 0 fully saturated rings. The quantitative estimate of drug-likeness (QED) is 0.518. The molecule has 16 heavy (non-hydrogen) atoms. The standard InChI is InChI=1S/C14H17O2/c1-3-14(15)12(2)9-10-16-11-13-7-5-4-6-8-13/h1,3-8,12H,9-11H2,2H3. The van der Waals surface area contributed by atoms with Crippen molar-refractivity contribution in [3.8, 4) is 0 Å². The summed E-state index contributed by atoms with van der Waals surface area (Å²) in [6.45, 7) is 8.18. The zero-order chi connectivity index (χ0) is 11.8. The number of rotatable bonds is 7. The van der Waals surface area contributed by atoms with Gasteiger partial charge < -0.3 is 4.74 Å². The van der Waals surface area contributed by atoms with Crippen LogP contribution in [-0.2, 0) is 16.1 Å². The second-order valence-corrected chi connectivity index (χ2v) is 3.80. The van der Waals surface area contributed by atoms with E-state index in [1.165, 1.54) is 0 Å². The van der Waals surface area contributed by atoms with Crippen LogP contribution in [0.5, 0.6) is 0 Å². The summed E-state index contributed by atoms with van der Waals surface area (Å²) in [7, 11) is 0. The Bertz CT molecular complexity index is 330. The second kappa shape index (κ2) is 6.96. The van der Waals surface area contributed by atoms with Crippen molar-refractivity contribution in [1.29, 1.82) is 0 Å². The predicted molar refractivity (Wildman–Crippen MR) is 63.8 cm³/mol. The average molecular weight is 217 g/mol. The fourth-order valence-corrected chi connectivity index (χ4v) is 1.33. The van der Waals surface area contributed by atoms with Crippen molar-refractivity contribution in [2.24, 2.45) is 5.92 Å². The van der Waals surface area contributed by atoms with Crippen molar-refractivity contribution in [1.82, 2.24) is 0 Å². The number of benzene rings is 1. The third-order valence-electron chi connectivity index (χ3n) is 2.46. The molecule has 1 atom stereocenters. The van der Waals surface area contributed by atoms with Crippen molar-refractivity contribution in [3.63, 3.8) is 0 Å². The Labute approximate surface area is 96.9 Å². The summed E-state index contributed by atoms with van der Waals surface area (Å²) < 4.78 is 5.48. The number of carbonyl (C=O) groups is 1. The van der Waals surface area contributed by atoms with E-state index in [2.05, 4.69) is 0 Å². The fraction of sp³-hybridized carbons (Fsp3) is 0.357. The van der Waals surface area contributed by atoms with Gasteiger partial charge in [0.25, 0.3) is 0 Å². The Morgan fingerprint density at radius 3 is 2.75 bits per heavy atom. The van der Waals surface area contributed by atoms with E-state index >= 15 is 0 Å². The van der Waals surface area contributed by atoms with Crippen LogP contribution in [0.3, 0.4) is 0 Å². The van der Waals surface area contributed by atoms with Crippen molar-refractivity contribution in [3.05, 3.63) is 48.6 Å². The summed E-state index contributed by atoms with van der Waals surface area (Å²) in [4.78, 5) is 11.1. The van der Waals surface area contributed by atoms with E-state index in [1.807, 2.05) is 37.3 Å². The Morgan fingerprint density at radius 2 is 2.12 bits per heavy atom. The lowest BCUT2D eigenvalue weighted by Gasteiger charge is -2.08. The van der Waals surface area contributed by atoms with Crippen LogP contribution < -0.4 is 0 Å². The van der Waals surface area contributed by atoms with Gasteiger partial charge in [-0.05, 0) is 18.1 Å². The SMILES string of the molecule is [CH]=CC(=O)C(C)CCOCc1ccccc1. The molecule has 0 bridgehead atoms. The van der Waals surface area contributed by atoms with Gasteiger partial charge in [-0.3, -0.25) is 4.79 Å². The number of ether oxygens (including phenoxy) is 1. The summed E-state index contributed by atoms with van der Waals surface area (Å²) >= 11 is 0. The van der Waals surface area contributed by atoms with Gasteiger partial charge in [-0.25, -0.2) is 0 Å². The highest BCUT2D eigenvalue weighted by Crippen LogP contribution is 2.06. The zero-order valence-electron chi connectivity index (χ0n) is 9.56. The minimum Gasteiger partial charge on any atom is -0.377 e. The first-order chi connectivity index (χ1) is 7.74. The molecule has 0 N–H and O–H groups in total. The van der Waals surface area contributed by atoms with E-state index in [1.54, 1.807) is 0 Å². The molecule has 0 aliphatic carbocycles. The van der Waals surface area contributed by atoms with Crippen LogP contribution in [0.2, 0.25) is 0 Å². The van der Waals surface area contributed by atoms with Gasteiger partial charge in [-0.1, -0.05) is 43.8 Å². The molecule has 0 saturated carbocycles. The first-order valence-electron chi connectivity index (χ1n) is 5.44. The number of carbonyl (C=O) groups excluding carboxylic acids is 1. The van der Waals surface area contributed by atoms with Crippen LogP contribution in [0.4, 0.5) is 0 Å². The van der Waals surface area contributed by atoms with E-state index < -0.39 is 0 Å². The molecule has 0 aliphatic heterocycles. The molecule has 2 nitrogen and oxygen atoms in total. The maximum atomic E-state index is 11.1. The molecule has 1 radical (unpaired) electrons. The van der Waals surface area contributed by atoms with Crippen LogP contribution in [0, 0.1) is 12.5 Å². The van der Waals surface area contributed by atoms with Crippen molar-refractivity contribution in [2.45, 2.75) is 20.0 Å². The summed E-state index contributed by atoms with van der Waals surface area (Å²) in [6.07, 6.45) is 1.83. The van der Waals surface area contributed by atoms with Gasteiger partial charge in [0.1, 0.15) is 0 Å². The number of hydrogen-bond acceptors (Lipinski definition) is 2. The molecule has 0 amide bonds. The third-order valence-corrected chi connectivity index (χ3v) is 2.46. The lowest BCUT2D eigenvalue weighted by Crippen LogP contribution is -2.10. The maximum absolute atomic E-state index is 11.1. The second-order valence-electron chi connectivity index (χ2n) is 3.80. The van der Waals surface area contributed by atoms with Crippen LogP contribution in [0.25, 0.3) is 0 Å². The lowest BCUT2D eigenvalue weighted by atomic mass is 10.0. The molecule has 1 unspecified atom stereocenters. The van der Waals surface area contributed by atoms with Crippen molar-refractivity contribution < 1.29 is 9.53 Å². The smallest absolute Gasteiger partial charge is 0.158 e. The van der Waals surface area contributed by atoms with Crippen LogP contribution in [0.15, 0.2) is 36.4 Å². The molecule has 1 aromatic rings. The first-order valence-corrected chi connectivity index (χ1v) is 5.44. The number of ketones is 1. The molecule has 1 rings (SSSR count). The normalized spacial score (nSPS) is 12.1. The highest BCUT2D eigenvalue weighted by molar-refractivity contribution is 5.90. The van der Waals surface area contributed by atoms with Crippen LogP contribution in [0.1, 0.15) is 18.9 Å². The van der Waals surface area contributed by atoms with Gasteiger partial charge in [0.15, 0.2) is 5.78 Å². The first kappa shape index (κ1) is 12.7. The minimum atomic E-state index is -0.0548. The number of allylic oxidation sites excluding steroid dienone is 1. The van der Waals surface area contributed by atoms with Gasteiger partial charge in [-0.15, -0.1) is 0 Å². The minimum absolute atomic E-state index is 0.0247. The fourth-order valence-electron chi connectivity index (χ4n) is 1.33. The third kappa shape index (κ3) is 4.41. The van der Waals surface area contributed by atoms with Gasteiger partial charge in [0.05, 0.1) is 6.61 Å². The van der Waals surface area contributed by atoms with Gasteiger partial charge in [0, 0.05) is 12.5 Å². The molecular formula is C14H17O2. The molecule has 1 aromatic carbocycles. The van der Waals surface area contributed by atoms with Gasteiger partial charge in [0.2, 0.25) is 0 Å². The van der Waals surface area contributed by atoms with Gasteiger partial charge in [-0.2, -0.15) is 0 Å². The lowest BCUT2D eigenvalue weighted by molar-refractivity contribution is -0.118. The molecule has 0 aromatic heterocycles. The molecule has 0 saturated heterocycles. The van der Waals surface area contributed by atoms with Crippen molar-refractivity contribution in [2.75, 3.05) is 6.61 Å². The monoisotopic (exact) mass is 217 g/mol. The molecule has 0 heterocycles.